The van der Waals surface area contributed by atoms with Crippen LogP contribution >= 0.6 is 11.3 Å². The third kappa shape index (κ3) is 4.33. The van der Waals surface area contributed by atoms with Gasteiger partial charge in [0.15, 0.2) is 0 Å². The summed E-state index contributed by atoms with van der Waals surface area (Å²) in [5, 5.41) is 7.48. The highest BCUT2D eigenvalue weighted by molar-refractivity contribution is 7.26. The van der Waals surface area contributed by atoms with E-state index in [9.17, 15) is 0 Å². The Kier molecular flexibility index (Phi) is 6.39. The second-order valence-electron chi connectivity index (χ2n) is 12.5. The zero-order valence-electron chi connectivity index (χ0n) is 26.6. The van der Waals surface area contributed by atoms with Crippen LogP contribution in [0, 0.1) is 0 Å². The quantitative estimate of drug-likeness (QED) is 0.181. The van der Waals surface area contributed by atoms with Gasteiger partial charge in [-0.25, -0.2) is 0 Å². The molecule has 10 rings (SSSR count). The van der Waals surface area contributed by atoms with Gasteiger partial charge in [-0.3, -0.25) is 0 Å². The highest BCUT2D eigenvalue weighted by atomic mass is 32.1. The van der Waals surface area contributed by atoms with E-state index in [1.54, 1.807) is 0 Å². The van der Waals surface area contributed by atoms with Crippen LogP contribution in [0.5, 0.6) is 0 Å². The average molecular weight is 643 g/mol. The molecular weight excluding hydrogens is 613 g/mol. The molecule has 0 radical (unpaired) electrons. The maximum atomic E-state index is 2.50. The molecule has 0 unspecified atom stereocenters. The number of thiophene rings is 1. The van der Waals surface area contributed by atoms with Crippen LogP contribution in [0.1, 0.15) is 0 Å². The number of para-hydroxylation sites is 3. The maximum Gasteiger partial charge on any atom is 0.0640 e. The summed E-state index contributed by atoms with van der Waals surface area (Å²) in [6.45, 7) is 0. The smallest absolute Gasteiger partial charge is 0.0640 e. The molecule has 10 aromatic rings. The van der Waals surface area contributed by atoms with Crippen molar-refractivity contribution in [2.45, 2.75) is 0 Å². The Morgan fingerprint density at radius 2 is 1.08 bits per heavy atom. The fraction of sp³-hybridized carbons (Fsp3) is 0. The summed E-state index contributed by atoms with van der Waals surface area (Å²) in [7, 11) is 0. The Morgan fingerprint density at radius 1 is 0.449 bits per heavy atom. The zero-order valence-corrected chi connectivity index (χ0v) is 27.4. The predicted molar refractivity (Wildman–Crippen MR) is 211 cm³/mol. The molecule has 2 nitrogen and oxygen atoms in total. The standard InChI is InChI=1S/C46H30N2S/c1-4-16-31(17-5-1)35-25-14-27-39-43-41(30-32-18-10-11-23-36(32)45(43)48(44(35)39)34-21-8-3-9-22-34)47(33-19-6-2-7-20-33)40-28-15-26-38-37-24-12-13-29-42(37)49-46(38)40/h1-30H. The third-order valence-electron chi connectivity index (χ3n) is 9.73. The molecule has 0 aliphatic heterocycles. The van der Waals surface area contributed by atoms with Crippen molar-refractivity contribution in [2.24, 2.45) is 0 Å². The number of aromatic nitrogens is 1. The first-order valence-corrected chi connectivity index (χ1v) is 17.5. The molecule has 0 aliphatic rings. The average Bonchev–Trinajstić information content (AvgIpc) is 3.73. The lowest BCUT2D eigenvalue weighted by atomic mass is 9.99. The lowest BCUT2D eigenvalue weighted by molar-refractivity contribution is 1.19. The van der Waals surface area contributed by atoms with Gasteiger partial charge in [0, 0.05) is 48.6 Å². The van der Waals surface area contributed by atoms with E-state index in [1.165, 1.54) is 69.6 Å². The number of anilines is 3. The molecule has 49 heavy (non-hydrogen) atoms. The normalized spacial score (nSPS) is 11.7. The molecule has 0 spiro atoms. The van der Waals surface area contributed by atoms with Crippen molar-refractivity contribution >= 4 is 81.1 Å². The molecule has 8 aromatic carbocycles. The molecule has 0 amide bonds. The first-order valence-electron chi connectivity index (χ1n) is 16.7. The van der Waals surface area contributed by atoms with Crippen molar-refractivity contribution in [3.8, 4) is 16.8 Å². The van der Waals surface area contributed by atoms with Crippen LogP contribution in [0.4, 0.5) is 17.1 Å². The molecule has 3 heteroatoms. The van der Waals surface area contributed by atoms with Crippen LogP contribution in [-0.2, 0) is 0 Å². The number of nitrogens with zero attached hydrogens (tertiary/aromatic N) is 2. The molecule has 2 heterocycles. The summed E-state index contributed by atoms with van der Waals surface area (Å²) in [5.74, 6) is 0. The van der Waals surface area contributed by atoms with Crippen LogP contribution in [0.25, 0.3) is 69.6 Å². The van der Waals surface area contributed by atoms with Gasteiger partial charge in [0.25, 0.3) is 0 Å². The molecule has 0 aliphatic carbocycles. The van der Waals surface area contributed by atoms with Gasteiger partial charge in [-0.2, -0.15) is 0 Å². The largest absolute Gasteiger partial charge is 0.308 e. The first kappa shape index (κ1) is 27.9. The summed E-state index contributed by atoms with van der Waals surface area (Å²) in [5.41, 5.74) is 9.45. The van der Waals surface area contributed by atoms with E-state index in [0.29, 0.717) is 0 Å². The van der Waals surface area contributed by atoms with Crippen molar-refractivity contribution in [2.75, 3.05) is 4.90 Å². The SMILES string of the molecule is c1ccc(-c2cccc3c4c(N(c5ccccc5)c5cccc6c5sc5ccccc56)cc5ccccc5c4n(-c4ccccc4)c23)cc1. The topological polar surface area (TPSA) is 8.17 Å². The summed E-state index contributed by atoms with van der Waals surface area (Å²) < 4.78 is 5.09. The number of rotatable bonds is 5. The van der Waals surface area contributed by atoms with E-state index in [0.717, 1.165) is 17.1 Å². The van der Waals surface area contributed by atoms with Crippen LogP contribution in [0.15, 0.2) is 182 Å². The van der Waals surface area contributed by atoms with Crippen LogP contribution in [0.2, 0.25) is 0 Å². The van der Waals surface area contributed by atoms with Crippen molar-refractivity contribution < 1.29 is 0 Å². The number of hydrogen-bond donors (Lipinski definition) is 0. The van der Waals surface area contributed by atoms with Gasteiger partial charge >= 0.3 is 0 Å². The van der Waals surface area contributed by atoms with Gasteiger partial charge in [-0.1, -0.05) is 140 Å². The van der Waals surface area contributed by atoms with Crippen molar-refractivity contribution in [1.82, 2.24) is 4.57 Å². The molecular formula is C46H30N2S. The Labute approximate surface area is 288 Å². The monoisotopic (exact) mass is 642 g/mol. The lowest BCUT2D eigenvalue weighted by Crippen LogP contribution is -2.10. The Hall–Kier alpha value is -6.16. The summed E-state index contributed by atoms with van der Waals surface area (Å²) in [6.07, 6.45) is 0. The maximum absolute atomic E-state index is 2.50. The van der Waals surface area contributed by atoms with Crippen LogP contribution < -0.4 is 4.90 Å². The Morgan fingerprint density at radius 3 is 1.90 bits per heavy atom. The molecule has 0 bridgehead atoms. The van der Waals surface area contributed by atoms with Gasteiger partial charge in [-0.05, 0) is 53.4 Å². The van der Waals surface area contributed by atoms with Gasteiger partial charge in [0.05, 0.1) is 27.1 Å². The summed E-state index contributed by atoms with van der Waals surface area (Å²) >= 11 is 1.87. The van der Waals surface area contributed by atoms with E-state index in [1.807, 2.05) is 11.3 Å². The molecule has 0 atom stereocenters. The molecule has 2 aromatic heterocycles. The van der Waals surface area contributed by atoms with Gasteiger partial charge in [0.1, 0.15) is 0 Å². The van der Waals surface area contributed by atoms with E-state index in [-0.39, 0.29) is 0 Å². The molecule has 0 saturated carbocycles. The van der Waals surface area contributed by atoms with Gasteiger partial charge in [-0.15, -0.1) is 11.3 Å². The Bertz CT molecular complexity index is 2810. The van der Waals surface area contributed by atoms with E-state index in [4.69, 9.17) is 0 Å². The number of fused-ring (bicyclic) bond motifs is 8. The molecule has 230 valence electrons. The predicted octanol–water partition coefficient (Wildman–Crippen LogP) is 13.4. The van der Waals surface area contributed by atoms with Gasteiger partial charge < -0.3 is 9.47 Å². The second kappa shape index (κ2) is 11.2. The minimum Gasteiger partial charge on any atom is -0.308 e. The van der Waals surface area contributed by atoms with Crippen molar-refractivity contribution in [3.63, 3.8) is 0 Å². The van der Waals surface area contributed by atoms with Crippen LogP contribution in [-0.4, -0.2) is 4.57 Å². The lowest BCUT2D eigenvalue weighted by Gasteiger charge is -2.27. The van der Waals surface area contributed by atoms with Crippen molar-refractivity contribution in [3.05, 3.63) is 182 Å². The summed E-state index contributed by atoms with van der Waals surface area (Å²) in [4.78, 5) is 2.50. The first-order chi connectivity index (χ1) is 24.3. The molecule has 0 N–H and O–H groups in total. The van der Waals surface area contributed by atoms with E-state index >= 15 is 0 Å². The number of benzene rings is 8. The van der Waals surface area contributed by atoms with E-state index in [2.05, 4.69) is 191 Å². The zero-order chi connectivity index (χ0) is 32.3. The van der Waals surface area contributed by atoms with E-state index < -0.39 is 0 Å². The minimum atomic E-state index is 1.13. The minimum absolute atomic E-state index is 1.13. The highest BCUT2D eigenvalue weighted by Gasteiger charge is 2.26. The highest BCUT2D eigenvalue weighted by Crippen LogP contribution is 2.51. The van der Waals surface area contributed by atoms with Gasteiger partial charge in [0.2, 0.25) is 0 Å². The fourth-order valence-corrected chi connectivity index (χ4v) is 8.87. The Balaban J connectivity index is 1.42. The second-order valence-corrected chi connectivity index (χ2v) is 13.6. The summed E-state index contributed by atoms with van der Waals surface area (Å²) in [6, 6.07) is 66.1. The van der Waals surface area contributed by atoms with Crippen LogP contribution in [0.3, 0.4) is 0 Å². The molecule has 0 saturated heterocycles. The number of hydrogen-bond acceptors (Lipinski definition) is 2. The third-order valence-corrected chi connectivity index (χ3v) is 10.9. The van der Waals surface area contributed by atoms with Crippen molar-refractivity contribution in [1.29, 1.82) is 0 Å². The molecule has 0 fully saturated rings. The fourth-order valence-electron chi connectivity index (χ4n) is 7.67.